The van der Waals surface area contributed by atoms with Crippen LogP contribution in [0.2, 0.25) is 5.02 Å². The average Bonchev–Trinajstić information content (AvgIpc) is 2.94. The number of halogens is 1. The Labute approximate surface area is 143 Å². The van der Waals surface area contributed by atoms with Gasteiger partial charge in [0.25, 0.3) is 0 Å². The summed E-state index contributed by atoms with van der Waals surface area (Å²) in [6, 6.07) is 14.7. The summed E-state index contributed by atoms with van der Waals surface area (Å²) >= 11 is 7.49. The third-order valence-corrected chi connectivity index (χ3v) is 7.05. The molecule has 1 aliphatic rings. The van der Waals surface area contributed by atoms with Crippen molar-refractivity contribution in [3.05, 3.63) is 58.4 Å². The van der Waals surface area contributed by atoms with E-state index in [0.29, 0.717) is 21.9 Å². The number of thiazole rings is 1. The van der Waals surface area contributed by atoms with Gasteiger partial charge in [-0.1, -0.05) is 41.9 Å². The molecule has 0 amide bonds. The quantitative estimate of drug-likeness (QED) is 0.642. The molecule has 23 heavy (non-hydrogen) atoms. The molecule has 0 spiro atoms. The number of sulfone groups is 1. The number of benzene rings is 2. The molecule has 2 heterocycles. The Morgan fingerprint density at radius 2 is 1.78 bits per heavy atom. The van der Waals surface area contributed by atoms with E-state index in [1.54, 1.807) is 23.5 Å². The van der Waals surface area contributed by atoms with Crippen LogP contribution in [0.15, 0.2) is 53.4 Å². The maximum absolute atomic E-state index is 12.4. The molecule has 0 radical (unpaired) electrons. The second-order valence-corrected chi connectivity index (χ2v) is 8.96. The largest absolute Gasteiger partial charge is 0.236 e. The summed E-state index contributed by atoms with van der Waals surface area (Å²) in [5.74, 6) is 0.124. The van der Waals surface area contributed by atoms with Gasteiger partial charge in [0.15, 0.2) is 9.84 Å². The minimum atomic E-state index is -3.25. The second kappa shape index (κ2) is 5.44. The van der Waals surface area contributed by atoms with Crippen LogP contribution in [0, 0.1) is 0 Å². The van der Waals surface area contributed by atoms with E-state index in [2.05, 4.69) is 0 Å². The summed E-state index contributed by atoms with van der Waals surface area (Å²) < 4.78 is 24.8. The Morgan fingerprint density at radius 1 is 1.04 bits per heavy atom. The van der Waals surface area contributed by atoms with Crippen molar-refractivity contribution in [1.82, 2.24) is 4.98 Å². The van der Waals surface area contributed by atoms with E-state index >= 15 is 0 Å². The van der Waals surface area contributed by atoms with E-state index in [9.17, 15) is 8.42 Å². The highest BCUT2D eigenvalue weighted by molar-refractivity contribution is 7.91. The van der Waals surface area contributed by atoms with Gasteiger partial charge in [-0.3, -0.25) is 0 Å². The van der Waals surface area contributed by atoms with Gasteiger partial charge in [0.1, 0.15) is 5.01 Å². The molecule has 1 aromatic heterocycles. The number of aromatic nitrogens is 1. The van der Waals surface area contributed by atoms with Crippen molar-refractivity contribution in [3.63, 3.8) is 0 Å². The van der Waals surface area contributed by atoms with E-state index in [1.807, 2.05) is 36.4 Å². The second-order valence-electron chi connectivity index (χ2n) is 5.36. The lowest BCUT2D eigenvalue weighted by atomic mass is 10.1. The fraction of sp³-hybridized carbons (Fsp3) is 0.118. The van der Waals surface area contributed by atoms with Crippen LogP contribution in [-0.2, 0) is 16.3 Å². The van der Waals surface area contributed by atoms with E-state index < -0.39 is 9.84 Å². The van der Waals surface area contributed by atoms with E-state index in [4.69, 9.17) is 16.6 Å². The topological polar surface area (TPSA) is 47.0 Å². The Morgan fingerprint density at radius 3 is 2.57 bits per heavy atom. The molecular weight excluding hydrogens is 350 g/mol. The SMILES string of the molecule is O=S1(=O)CCc2sc(-c3ccc(Cl)cc3)nc2-c2ccccc21. The molecule has 0 saturated carbocycles. The highest BCUT2D eigenvalue weighted by Crippen LogP contribution is 2.39. The molecule has 0 bridgehead atoms. The lowest BCUT2D eigenvalue weighted by Gasteiger charge is -2.05. The highest BCUT2D eigenvalue weighted by Gasteiger charge is 2.27. The maximum Gasteiger partial charge on any atom is 0.179 e. The van der Waals surface area contributed by atoms with Crippen molar-refractivity contribution in [1.29, 1.82) is 0 Å². The molecular formula is C17H12ClNO2S2. The molecule has 0 atom stereocenters. The summed E-state index contributed by atoms with van der Waals surface area (Å²) in [4.78, 5) is 6.13. The van der Waals surface area contributed by atoms with Crippen molar-refractivity contribution in [2.24, 2.45) is 0 Å². The molecule has 3 nitrogen and oxygen atoms in total. The zero-order valence-electron chi connectivity index (χ0n) is 12.0. The molecule has 0 fully saturated rings. The Balaban J connectivity index is 1.91. The molecule has 6 heteroatoms. The van der Waals surface area contributed by atoms with Gasteiger partial charge < -0.3 is 0 Å². The van der Waals surface area contributed by atoms with Crippen LogP contribution in [0.5, 0.6) is 0 Å². The third-order valence-electron chi connectivity index (χ3n) is 3.86. The molecule has 2 aromatic carbocycles. The smallest absolute Gasteiger partial charge is 0.179 e. The van der Waals surface area contributed by atoms with Gasteiger partial charge in [-0.2, -0.15) is 0 Å². The van der Waals surface area contributed by atoms with Crippen molar-refractivity contribution in [2.45, 2.75) is 11.3 Å². The zero-order chi connectivity index (χ0) is 16.0. The molecule has 1 aliphatic heterocycles. The molecule has 0 unspecified atom stereocenters. The van der Waals surface area contributed by atoms with Crippen molar-refractivity contribution in [2.75, 3.05) is 5.75 Å². The van der Waals surface area contributed by atoms with E-state index in [1.165, 1.54) is 0 Å². The highest BCUT2D eigenvalue weighted by atomic mass is 35.5. The third kappa shape index (κ3) is 2.59. The number of aryl methyl sites for hydroxylation is 1. The van der Waals surface area contributed by atoms with Gasteiger partial charge in [-0.15, -0.1) is 11.3 Å². The van der Waals surface area contributed by atoms with Gasteiger partial charge in [0.2, 0.25) is 0 Å². The first-order valence-corrected chi connectivity index (χ1v) is 9.97. The van der Waals surface area contributed by atoms with Crippen LogP contribution in [-0.4, -0.2) is 19.2 Å². The lowest BCUT2D eigenvalue weighted by Crippen LogP contribution is -2.07. The van der Waals surface area contributed by atoms with E-state index in [0.717, 1.165) is 21.1 Å². The number of fused-ring (bicyclic) bond motifs is 3. The predicted octanol–water partition coefficient (Wildman–Crippen LogP) is 4.46. The Kier molecular flexibility index (Phi) is 3.52. The molecule has 3 aromatic rings. The van der Waals surface area contributed by atoms with Crippen molar-refractivity contribution in [3.8, 4) is 21.8 Å². The van der Waals surface area contributed by atoms with E-state index in [-0.39, 0.29) is 5.75 Å². The van der Waals surface area contributed by atoms with Crippen LogP contribution in [0.25, 0.3) is 21.8 Å². The first kappa shape index (κ1) is 14.9. The normalized spacial score (nSPS) is 15.5. The Bertz CT molecular complexity index is 992. The molecule has 0 aliphatic carbocycles. The van der Waals surface area contributed by atoms with Crippen molar-refractivity contribution >= 4 is 32.8 Å². The van der Waals surface area contributed by atoms with Gasteiger partial charge in [-0.05, 0) is 24.6 Å². The van der Waals surface area contributed by atoms with Crippen LogP contribution in [0.1, 0.15) is 4.88 Å². The number of hydrogen-bond acceptors (Lipinski definition) is 4. The van der Waals surface area contributed by atoms with Crippen LogP contribution in [0.3, 0.4) is 0 Å². The standard InChI is InChI=1S/C17H12ClNO2S2/c18-12-7-5-11(6-8-12)17-19-16-13-3-1-2-4-15(13)23(20,21)10-9-14(16)22-17/h1-8H,9-10H2. The molecule has 116 valence electrons. The van der Waals surface area contributed by atoms with Crippen LogP contribution < -0.4 is 0 Å². The van der Waals surface area contributed by atoms with Crippen LogP contribution in [0.4, 0.5) is 0 Å². The lowest BCUT2D eigenvalue weighted by molar-refractivity contribution is 0.596. The first-order valence-electron chi connectivity index (χ1n) is 7.12. The average molecular weight is 362 g/mol. The number of hydrogen-bond donors (Lipinski definition) is 0. The molecule has 4 rings (SSSR count). The summed E-state index contributed by atoms with van der Waals surface area (Å²) in [7, 11) is -3.25. The minimum absolute atomic E-state index is 0.124. The fourth-order valence-electron chi connectivity index (χ4n) is 2.72. The van der Waals surface area contributed by atoms with Gasteiger partial charge in [0.05, 0.1) is 16.3 Å². The molecule has 0 saturated heterocycles. The summed E-state index contributed by atoms with van der Waals surface area (Å²) in [5, 5.41) is 1.57. The summed E-state index contributed by atoms with van der Waals surface area (Å²) in [6.07, 6.45) is 0.498. The zero-order valence-corrected chi connectivity index (χ0v) is 14.4. The monoisotopic (exact) mass is 361 g/mol. The summed E-state index contributed by atoms with van der Waals surface area (Å²) in [6.45, 7) is 0. The minimum Gasteiger partial charge on any atom is -0.236 e. The number of rotatable bonds is 1. The molecule has 0 N–H and O–H groups in total. The van der Waals surface area contributed by atoms with Gasteiger partial charge >= 0.3 is 0 Å². The number of nitrogens with zero attached hydrogens (tertiary/aromatic N) is 1. The van der Waals surface area contributed by atoms with Gasteiger partial charge in [-0.25, -0.2) is 13.4 Å². The predicted molar refractivity (Wildman–Crippen MR) is 93.8 cm³/mol. The van der Waals surface area contributed by atoms with Gasteiger partial charge in [0, 0.05) is 21.0 Å². The Hall–Kier alpha value is -1.69. The fourth-order valence-corrected chi connectivity index (χ4v) is 5.53. The maximum atomic E-state index is 12.4. The van der Waals surface area contributed by atoms with Crippen LogP contribution >= 0.6 is 22.9 Å². The first-order chi connectivity index (χ1) is 11.0. The van der Waals surface area contributed by atoms with Crippen molar-refractivity contribution < 1.29 is 8.42 Å². The summed E-state index contributed by atoms with van der Waals surface area (Å²) in [5.41, 5.74) is 2.49.